The molecule has 1 unspecified atom stereocenters. The van der Waals surface area contributed by atoms with E-state index in [0.29, 0.717) is 11.6 Å². The number of nitrogens with zero attached hydrogens (tertiary/aromatic N) is 2. The Hall–Kier alpha value is -1.49. The summed E-state index contributed by atoms with van der Waals surface area (Å²) in [6, 6.07) is 18.0. The maximum absolute atomic E-state index is 11.5. The van der Waals surface area contributed by atoms with Crippen LogP contribution in [0.5, 0.6) is 0 Å². The number of amidine groups is 1. The molecule has 1 saturated heterocycles. The van der Waals surface area contributed by atoms with E-state index < -0.39 is 5.72 Å². The molecule has 2 aliphatic heterocycles. The fourth-order valence-corrected chi connectivity index (χ4v) is 4.77. The molecule has 24 heavy (non-hydrogen) atoms. The monoisotopic (exact) mass is 359 g/mol. The summed E-state index contributed by atoms with van der Waals surface area (Å²) in [5.74, 6) is 1.10. The second-order valence-electron chi connectivity index (χ2n) is 6.30. The topological polar surface area (TPSA) is 26.5 Å². The van der Waals surface area contributed by atoms with Crippen LogP contribution in [-0.2, 0) is 12.3 Å². The molecule has 0 spiro atoms. The van der Waals surface area contributed by atoms with Crippen LogP contribution in [0.3, 0.4) is 0 Å². The molecule has 1 atom stereocenters. The molecule has 4 rings (SSSR count). The van der Waals surface area contributed by atoms with Crippen LogP contribution in [0.2, 0.25) is 5.02 Å². The number of β-amino-alcohol motifs (C(OH)–C–C–N with tert-alkyl or cyclic N) is 1. The lowest BCUT2D eigenvalue weighted by molar-refractivity contribution is -0.547. The van der Waals surface area contributed by atoms with Crippen LogP contribution in [0, 0.1) is 0 Å². The third-order valence-corrected chi connectivity index (χ3v) is 6.12. The second-order valence-corrected chi connectivity index (χ2v) is 7.80. The van der Waals surface area contributed by atoms with E-state index in [0.717, 1.165) is 30.8 Å². The van der Waals surface area contributed by atoms with Crippen molar-refractivity contribution in [2.45, 2.75) is 18.7 Å². The van der Waals surface area contributed by atoms with Gasteiger partial charge in [-0.2, -0.15) is 0 Å². The molecular formula is C19H20ClN2OS+. The minimum Gasteiger partial charge on any atom is -0.346 e. The van der Waals surface area contributed by atoms with Crippen LogP contribution >= 0.6 is 23.4 Å². The summed E-state index contributed by atoms with van der Waals surface area (Å²) in [6.45, 7) is 2.27. The molecule has 0 radical (unpaired) electrons. The van der Waals surface area contributed by atoms with Crippen LogP contribution in [0.25, 0.3) is 0 Å². The van der Waals surface area contributed by atoms with Crippen LogP contribution in [0.1, 0.15) is 17.5 Å². The molecule has 124 valence electrons. The molecule has 0 aromatic heterocycles. The smallest absolute Gasteiger partial charge is 0.311 e. The quantitative estimate of drug-likeness (QED) is 0.849. The summed E-state index contributed by atoms with van der Waals surface area (Å²) in [5.41, 5.74) is 1.18. The van der Waals surface area contributed by atoms with E-state index >= 15 is 0 Å². The Morgan fingerprint density at radius 1 is 1.12 bits per heavy atom. The Bertz CT molecular complexity index is 763. The van der Waals surface area contributed by atoms with Gasteiger partial charge in [-0.15, -0.1) is 0 Å². The number of benzene rings is 2. The highest BCUT2D eigenvalue weighted by atomic mass is 35.5. The van der Waals surface area contributed by atoms with Crippen molar-refractivity contribution in [1.82, 2.24) is 4.90 Å². The zero-order valence-corrected chi connectivity index (χ0v) is 14.9. The van der Waals surface area contributed by atoms with Gasteiger partial charge in [-0.3, -0.25) is 0 Å². The minimum absolute atomic E-state index is 0.575. The number of thioether (sulfide) groups is 1. The van der Waals surface area contributed by atoms with Gasteiger partial charge in [0.15, 0.2) is 6.54 Å². The SMILES string of the molecule is OC1(c2ccc(Cl)cc2)C[N+](Cc2ccccc2)=C2SCCCN21. The van der Waals surface area contributed by atoms with Gasteiger partial charge in [0, 0.05) is 16.3 Å². The number of aliphatic hydroxyl groups is 1. The molecule has 0 amide bonds. The first kappa shape index (κ1) is 16.0. The Balaban J connectivity index is 1.68. The van der Waals surface area contributed by atoms with Gasteiger partial charge in [0.2, 0.25) is 0 Å². The molecule has 3 nitrogen and oxygen atoms in total. The van der Waals surface area contributed by atoms with Gasteiger partial charge in [0.05, 0.1) is 6.54 Å². The van der Waals surface area contributed by atoms with E-state index in [2.05, 4.69) is 33.7 Å². The van der Waals surface area contributed by atoms with Crippen molar-refractivity contribution >= 4 is 28.5 Å². The average molecular weight is 360 g/mol. The second kappa shape index (κ2) is 6.43. The number of hydrogen-bond donors (Lipinski definition) is 1. The lowest BCUT2D eigenvalue weighted by Gasteiger charge is -2.30. The van der Waals surface area contributed by atoms with E-state index in [1.807, 2.05) is 42.1 Å². The Kier molecular flexibility index (Phi) is 4.29. The van der Waals surface area contributed by atoms with E-state index in [9.17, 15) is 5.11 Å². The van der Waals surface area contributed by atoms with Gasteiger partial charge in [-0.1, -0.05) is 54.1 Å². The lowest BCUT2D eigenvalue weighted by atomic mass is 10.0. The maximum Gasteiger partial charge on any atom is 0.311 e. The Morgan fingerprint density at radius 3 is 2.62 bits per heavy atom. The van der Waals surface area contributed by atoms with Gasteiger partial charge < -0.3 is 5.11 Å². The molecule has 2 aromatic rings. The summed E-state index contributed by atoms with van der Waals surface area (Å²) < 4.78 is 2.30. The molecule has 0 saturated carbocycles. The first-order valence-electron chi connectivity index (χ1n) is 8.21. The number of rotatable bonds is 3. The van der Waals surface area contributed by atoms with Crippen molar-refractivity contribution in [3.05, 3.63) is 70.7 Å². The molecule has 2 aromatic carbocycles. The molecule has 1 fully saturated rings. The largest absolute Gasteiger partial charge is 0.346 e. The van der Waals surface area contributed by atoms with Gasteiger partial charge in [-0.05, 0) is 35.9 Å². The Labute approximate surface area is 151 Å². The van der Waals surface area contributed by atoms with Crippen LogP contribution in [-0.4, -0.2) is 38.6 Å². The average Bonchev–Trinajstić information content (AvgIpc) is 2.90. The van der Waals surface area contributed by atoms with Crippen molar-refractivity contribution in [2.75, 3.05) is 18.8 Å². The summed E-state index contributed by atoms with van der Waals surface area (Å²) in [5, 5.41) is 13.4. The fourth-order valence-electron chi connectivity index (χ4n) is 3.48. The number of halogens is 1. The zero-order valence-electron chi connectivity index (χ0n) is 13.4. The highest BCUT2D eigenvalue weighted by molar-refractivity contribution is 8.13. The highest BCUT2D eigenvalue weighted by Crippen LogP contribution is 2.37. The summed E-state index contributed by atoms with van der Waals surface area (Å²) in [4.78, 5) is 2.16. The maximum atomic E-state index is 11.5. The Morgan fingerprint density at radius 2 is 1.88 bits per heavy atom. The first-order valence-corrected chi connectivity index (χ1v) is 9.58. The highest BCUT2D eigenvalue weighted by Gasteiger charge is 2.54. The van der Waals surface area contributed by atoms with Gasteiger partial charge in [0.1, 0.15) is 6.54 Å². The summed E-state index contributed by atoms with van der Waals surface area (Å²) in [6.07, 6.45) is 1.09. The van der Waals surface area contributed by atoms with Gasteiger partial charge in [0.25, 0.3) is 5.72 Å². The minimum atomic E-state index is -0.984. The van der Waals surface area contributed by atoms with E-state index in [4.69, 9.17) is 11.6 Å². The molecule has 0 aliphatic carbocycles. The van der Waals surface area contributed by atoms with E-state index in [-0.39, 0.29) is 0 Å². The molecule has 1 N–H and O–H groups in total. The third-order valence-electron chi connectivity index (χ3n) is 4.64. The standard InChI is InChI=1S/C19H20ClN2OS/c20-17-9-7-16(8-10-17)19(23)14-21(13-15-5-2-1-3-6-15)18-22(19)11-4-12-24-18/h1-3,5-10,23H,4,11-14H2/q+1. The number of fused-ring (bicyclic) bond motifs is 1. The van der Waals surface area contributed by atoms with Crippen LogP contribution in [0.4, 0.5) is 0 Å². The van der Waals surface area contributed by atoms with Crippen molar-refractivity contribution in [2.24, 2.45) is 0 Å². The molecular weight excluding hydrogens is 340 g/mol. The molecule has 0 bridgehead atoms. The van der Waals surface area contributed by atoms with E-state index in [1.54, 1.807) is 0 Å². The van der Waals surface area contributed by atoms with Crippen LogP contribution in [0.15, 0.2) is 54.6 Å². The van der Waals surface area contributed by atoms with Crippen molar-refractivity contribution in [3.63, 3.8) is 0 Å². The number of hydrogen-bond acceptors (Lipinski definition) is 3. The molecule has 2 aliphatic rings. The van der Waals surface area contributed by atoms with Gasteiger partial charge in [-0.25, -0.2) is 9.48 Å². The first-order chi connectivity index (χ1) is 11.7. The van der Waals surface area contributed by atoms with Crippen molar-refractivity contribution in [3.8, 4) is 0 Å². The molecule has 5 heteroatoms. The van der Waals surface area contributed by atoms with Crippen molar-refractivity contribution < 1.29 is 9.68 Å². The fraction of sp³-hybridized carbons (Fsp3) is 0.316. The summed E-state index contributed by atoms with van der Waals surface area (Å²) in [7, 11) is 0. The predicted molar refractivity (Wildman–Crippen MR) is 99.4 cm³/mol. The van der Waals surface area contributed by atoms with E-state index in [1.165, 1.54) is 10.7 Å². The zero-order chi connectivity index (χ0) is 16.6. The van der Waals surface area contributed by atoms with Crippen molar-refractivity contribution in [1.29, 1.82) is 0 Å². The molecule has 2 heterocycles. The summed E-state index contributed by atoms with van der Waals surface area (Å²) >= 11 is 7.87. The third kappa shape index (κ3) is 2.83. The predicted octanol–water partition coefficient (Wildman–Crippen LogP) is 3.51. The van der Waals surface area contributed by atoms with Crippen LogP contribution < -0.4 is 0 Å². The van der Waals surface area contributed by atoms with Gasteiger partial charge >= 0.3 is 5.17 Å². The normalized spacial score (nSPS) is 23.5. The lowest BCUT2D eigenvalue weighted by Crippen LogP contribution is -2.48.